The molecule has 88 valence electrons. The maximum atomic E-state index is 11.9. The number of aromatic nitrogens is 1. The summed E-state index contributed by atoms with van der Waals surface area (Å²) in [5, 5.41) is 2.93. The van der Waals surface area contributed by atoms with Crippen LogP contribution in [0.4, 0.5) is 0 Å². The molecule has 4 heteroatoms. The van der Waals surface area contributed by atoms with E-state index in [1.807, 2.05) is 44.2 Å². The third kappa shape index (κ3) is 2.91. The van der Waals surface area contributed by atoms with Gasteiger partial charge >= 0.3 is 0 Å². The third-order valence-corrected chi connectivity index (χ3v) is 3.20. The van der Waals surface area contributed by atoms with E-state index < -0.39 is 0 Å². The van der Waals surface area contributed by atoms with Crippen molar-refractivity contribution in [2.45, 2.75) is 19.9 Å². The van der Waals surface area contributed by atoms with Gasteiger partial charge in [-0.15, -0.1) is 0 Å². The van der Waals surface area contributed by atoms with E-state index in [1.54, 1.807) is 6.07 Å². The minimum absolute atomic E-state index is 0.00861. The van der Waals surface area contributed by atoms with Gasteiger partial charge in [-0.1, -0.05) is 30.3 Å². The van der Waals surface area contributed by atoms with E-state index in [9.17, 15) is 4.79 Å². The molecule has 0 aliphatic rings. The molecule has 0 aliphatic heterocycles. The van der Waals surface area contributed by atoms with Crippen molar-refractivity contribution in [1.29, 1.82) is 0 Å². The van der Waals surface area contributed by atoms with Gasteiger partial charge in [0.25, 0.3) is 5.91 Å². The lowest BCUT2D eigenvalue weighted by molar-refractivity contribution is 0.0936. The Labute approximate surface area is 105 Å². The van der Waals surface area contributed by atoms with Crippen LogP contribution in [-0.4, -0.2) is 10.3 Å². The summed E-state index contributed by atoms with van der Waals surface area (Å²) in [7, 11) is 0. The second kappa shape index (κ2) is 5.10. The standard InChI is InChI=1S/C13H14N2OS/c1-9-8-12(15-17-9)13(16)14-10(2)11-6-4-3-5-7-11/h3-8,10H,1-2H3,(H,14,16). The molecule has 0 bridgehead atoms. The van der Waals surface area contributed by atoms with Gasteiger partial charge in [0.15, 0.2) is 0 Å². The van der Waals surface area contributed by atoms with Crippen LogP contribution in [0.1, 0.15) is 33.9 Å². The van der Waals surface area contributed by atoms with E-state index in [1.165, 1.54) is 11.5 Å². The number of amides is 1. The SMILES string of the molecule is Cc1cc(C(=O)NC(C)c2ccccc2)ns1. The van der Waals surface area contributed by atoms with Gasteiger partial charge < -0.3 is 5.32 Å². The van der Waals surface area contributed by atoms with Crippen LogP contribution in [0, 0.1) is 6.92 Å². The Bertz CT molecular complexity index is 507. The largest absolute Gasteiger partial charge is 0.344 e. The summed E-state index contributed by atoms with van der Waals surface area (Å²) in [6.45, 7) is 3.90. The van der Waals surface area contributed by atoms with Crippen LogP contribution >= 0.6 is 11.5 Å². The number of nitrogens with zero attached hydrogens (tertiary/aromatic N) is 1. The van der Waals surface area contributed by atoms with Crippen LogP contribution in [0.5, 0.6) is 0 Å². The molecule has 1 amide bonds. The van der Waals surface area contributed by atoms with Crippen molar-refractivity contribution < 1.29 is 4.79 Å². The summed E-state index contributed by atoms with van der Waals surface area (Å²) in [5.41, 5.74) is 1.59. The quantitative estimate of drug-likeness (QED) is 0.904. The van der Waals surface area contributed by atoms with Gasteiger partial charge in [0.05, 0.1) is 6.04 Å². The number of nitrogens with one attached hydrogen (secondary N) is 1. The molecular formula is C13H14N2OS. The van der Waals surface area contributed by atoms with E-state index in [4.69, 9.17) is 0 Å². The average Bonchev–Trinajstić information content (AvgIpc) is 2.77. The number of rotatable bonds is 3. The fraction of sp³-hybridized carbons (Fsp3) is 0.231. The Morgan fingerprint density at radius 1 is 1.35 bits per heavy atom. The van der Waals surface area contributed by atoms with Crippen molar-refractivity contribution in [3.63, 3.8) is 0 Å². The number of benzene rings is 1. The topological polar surface area (TPSA) is 42.0 Å². The highest BCUT2D eigenvalue weighted by Gasteiger charge is 2.13. The Morgan fingerprint density at radius 3 is 2.65 bits per heavy atom. The first-order valence-corrected chi connectivity index (χ1v) is 6.23. The van der Waals surface area contributed by atoms with Crippen LogP contribution in [-0.2, 0) is 0 Å². The molecule has 0 saturated carbocycles. The zero-order valence-corrected chi connectivity index (χ0v) is 10.6. The number of carbonyl (C=O) groups excluding carboxylic acids is 1. The predicted octanol–water partition coefficient (Wildman–Crippen LogP) is 2.94. The monoisotopic (exact) mass is 246 g/mol. The van der Waals surface area contributed by atoms with Crippen LogP contribution in [0.15, 0.2) is 36.4 Å². The lowest BCUT2D eigenvalue weighted by Crippen LogP contribution is -2.26. The Hall–Kier alpha value is -1.68. The smallest absolute Gasteiger partial charge is 0.271 e. The molecule has 0 aliphatic carbocycles. The number of hydrogen-bond donors (Lipinski definition) is 1. The first-order chi connectivity index (χ1) is 8.16. The lowest BCUT2D eigenvalue weighted by Gasteiger charge is -2.12. The molecule has 0 radical (unpaired) electrons. The van der Waals surface area contributed by atoms with Gasteiger partial charge in [0.2, 0.25) is 0 Å². The van der Waals surface area contributed by atoms with Crippen molar-refractivity contribution in [1.82, 2.24) is 9.69 Å². The van der Waals surface area contributed by atoms with Gasteiger partial charge in [0.1, 0.15) is 5.69 Å². The summed E-state index contributed by atoms with van der Waals surface area (Å²) < 4.78 is 4.09. The molecular weight excluding hydrogens is 232 g/mol. The van der Waals surface area contributed by atoms with Gasteiger partial charge in [0, 0.05) is 4.88 Å². The molecule has 17 heavy (non-hydrogen) atoms. The summed E-state index contributed by atoms with van der Waals surface area (Å²) >= 11 is 1.34. The molecule has 2 rings (SSSR count). The number of hydrogen-bond acceptors (Lipinski definition) is 3. The second-order valence-electron chi connectivity index (χ2n) is 3.93. The molecule has 2 aromatic rings. The van der Waals surface area contributed by atoms with Crippen LogP contribution in [0.3, 0.4) is 0 Å². The second-order valence-corrected chi connectivity index (χ2v) is 4.94. The van der Waals surface area contributed by atoms with Crippen molar-refractivity contribution >= 4 is 17.4 Å². The minimum Gasteiger partial charge on any atom is -0.344 e. The van der Waals surface area contributed by atoms with E-state index in [0.717, 1.165) is 10.4 Å². The van der Waals surface area contributed by atoms with Crippen molar-refractivity contribution in [3.8, 4) is 0 Å². The van der Waals surface area contributed by atoms with Crippen molar-refractivity contribution in [2.75, 3.05) is 0 Å². The highest BCUT2D eigenvalue weighted by atomic mass is 32.1. The fourth-order valence-corrected chi connectivity index (χ4v) is 2.11. The predicted molar refractivity (Wildman–Crippen MR) is 69.2 cm³/mol. The molecule has 0 spiro atoms. The number of carbonyl (C=O) groups is 1. The minimum atomic E-state index is -0.120. The third-order valence-electron chi connectivity index (χ3n) is 2.51. The van der Waals surface area contributed by atoms with Crippen LogP contribution < -0.4 is 5.32 Å². The number of aryl methyl sites for hydroxylation is 1. The average molecular weight is 246 g/mol. The van der Waals surface area contributed by atoms with Gasteiger partial charge in [-0.05, 0) is 37.0 Å². The molecule has 1 N–H and O–H groups in total. The maximum absolute atomic E-state index is 11.9. The van der Waals surface area contributed by atoms with Gasteiger partial charge in [-0.3, -0.25) is 4.79 Å². The first-order valence-electron chi connectivity index (χ1n) is 5.46. The summed E-state index contributed by atoms with van der Waals surface area (Å²) in [6, 6.07) is 11.7. The zero-order chi connectivity index (χ0) is 12.3. The maximum Gasteiger partial charge on any atom is 0.271 e. The highest BCUT2D eigenvalue weighted by Crippen LogP contribution is 2.13. The van der Waals surface area contributed by atoms with Gasteiger partial charge in [-0.25, -0.2) is 0 Å². The Balaban J connectivity index is 2.04. The molecule has 0 fully saturated rings. The van der Waals surface area contributed by atoms with E-state index in [2.05, 4.69) is 9.69 Å². The Morgan fingerprint density at radius 2 is 2.06 bits per heavy atom. The molecule has 0 saturated heterocycles. The molecule has 1 aromatic heterocycles. The van der Waals surface area contributed by atoms with Crippen LogP contribution in [0.2, 0.25) is 0 Å². The lowest BCUT2D eigenvalue weighted by atomic mass is 10.1. The summed E-state index contributed by atoms with van der Waals surface area (Å²) in [5.74, 6) is -0.120. The normalized spacial score (nSPS) is 12.1. The first kappa shape index (κ1) is 11.8. The van der Waals surface area contributed by atoms with Crippen molar-refractivity contribution in [2.24, 2.45) is 0 Å². The molecule has 1 atom stereocenters. The van der Waals surface area contributed by atoms with Gasteiger partial charge in [-0.2, -0.15) is 4.37 Å². The van der Waals surface area contributed by atoms with Crippen LogP contribution in [0.25, 0.3) is 0 Å². The molecule has 1 aromatic carbocycles. The van der Waals surface area contributed by atoms with E-state index in [0.29, 0.717) is 5.69 Å². The fourth-order valence-electron chi connectivity index (χ4n) is 1.57. The molecule has 1 unspecified atom stereocenters. The summed E-state index contributed by atoms with van der Waals surface area (Å²) in [6.07, 6.45) is 0. The van der Waals surface area contributed by atoms with Crippen molar-refractivity contribution in [3.05, 3.63) is 52.5 Å². The Kier molecular flexibility index (Phi) is 3.54. The van der Waals surface area contributed by atoms with E-state index in [-0.39, 0.29) is 11.9 Å². The summed E-state index contributed by atoms with van der Waals surface area (Å²) in [4.78, 5) is 12.9. The van der Waals surface area contributed by atoms with E-state index >= 15 is 0 Å². The highest BCUT2D eigenvalue weighted by molar-refractivity contribution is 7.05. The zero-order valence-electron chi connectivity index (χ0n) is 9.81. The molecule has 1 heterocycles. The molecule has 3 nitrogen and oxygen atoms in total.